The number of nitrogens with zero attached hydrogens (tertiary/aromatic N) is 3. The van der Waals surface area contributed by atoms with Crippen LogP contribution >= 0.6 is 23.7 Å². The van der Waals surface area contributed by atoms with E-state index in [2.05, 4.69) is 4.98 Å². The molecule has 1 aromatic heterocycles. The lowest BCUT2D eigenvalue weighted by Gasteiger charge is -2.22. The van der Waals surface area contributed by atoms with Gasteiger partial charge >= 0.3 is 0 Å². The Morgan fingerprint density at radius 2 is 1.77 bits per heavy atom. The molecule has 0 bridgehead atoms. The van der Waals surface area contributed by atoms with Crippen LogP contribution in [0.15, 0.2) is 42.5 Å². The summed E-state index contributed by atoms with van der Waals surface area (Å²) >= 11 is 1.26. The van der Waals surface area contributed by atoms with Gasteiger partial charge < -0.3 is 4.90 Å². The van der Waals surface area contributed by atoms with E-state index in [0.29, 0.717) is 28.5 Å². The van der Waals surface area contributed by atoms with Gasteiger partial charge in [-0.15, -0.1) is 12.4 Å². The predicted molar refractivity (Wildman–Crippen MR) is 103 cm³/mol. The highest BCUT2D eigenvalue weighted by atomic mass is 35.5. The van der Waals surface area contributed by atoms with E-state index in [1.807, 2.05) is 19.0 Å². The Morgan fingerprint density at radius 3 is 2.38 bits per heavy atom. The van der Waals surface area contributed by atoms with Gasteiger partial charge in [0.25, 0.3) is 5.91 Å². The van der Waals surface area contributed by atoms with Crippen LogP contribution in [-0.2, 0) is 0 Å². The number of rotatable bonds is 5. The Hall–Kier alpha value is -2.09. The van der Waals surface area contributed by atoms with Gasteiger partial charge in [-0.25, -0.2) is 13.8 Å². The lowest BCUT2D eigenvalue weighted by atomic mass is 10.2. The SMILES string of the molecule is CN(C)CCN(C(=O)c1ccc(F)cc1)c1nc2c(F)cccc2s1.Cl. The molecule has 0 fully saturated rings. The molecule has 0 aliphatic carbocycles. The molecule has 26 heavy (non-hydrogen) atoms. The van der Waals surface area contributed by atoms with Crippen molar-refractivity contribution in [1.29, 1.82) is 0 Å². The largest absolute Gasteiger partial charge is 0.308 e. The average molecular weight is 398 g/mol. The molecule has 0 spiro atoms. The number of fused-ring (bicyclic) bond motifs is 1. The third-order valence-corrected chi connectivity index (χ3v) is 4.74. The van der Waals surface area contributed by atoms with Crippen LogP contribution in [0.4, 0.5) is 13.9 Å². The van der Waals surface area contributed by atoms with E-state index in [-0.39, 0.29) is 23.8 Å². The summed E-state index contributed by atoms with van der Waals surface area (Å²) in [6.07, 6.45) is 0. The number of anilines is 1. The summed E-state index contributed by atoms with van der Waals surface area (Å²) in [5.74, 6) is -1.11. The van der Waals surface area contributed by atoms with E-state index >= 15 is 0 Å². The molecule has 0 radical (unpaired) electrons. The first-order valence-electron chi connectivity index (χ1n) is 7.73. The molecule has 2 aromatic carbocycles. The van der Waals surface area contributed by atoms with Crippen LogP contribution < -0.4 is 4.90 Å². The van der Waals surface area contributed by atoms with Crippen LogP contribution in [0.2, 0.25) is 0 Å². The van der Waals surface area contributed by atoms with Crippen molar-refractivity contribution in [2.75, 3.05) is 32.1 Å². The molecule has 0 saturated carbocycles. The summed E-state index contributed by atoms with van der Waals surface area (Å²) in [7, 11) is 3.80. The minimum Gasteiger partial charge on any atom is -0.308 e. The molecule has 0 saturated heterocycles. The van der Waals surface area contributed by atoms with Crippen molar-refractivity contribution in [3.8, 4) is 0 Å². The number of benzene rings is 2. The topological polar surface area (TPSA) is 36.4 Å². The van der Waals surface area contributed by atoms with E-state index in [1.165, 1.54) is 46.6 Å². The fourth-order valence-corrected chi connectivity index (χ4v) is 3.36. The monoisotopic (exact) mass is 397 g/mol. The summed E-state index contributed by atoms with van der Waals surface area (Å²) < 4.78 is 27.7. The van der Waals surface area contributed by atoms with Crippen LogP contribution in [0.3, 0.4) is 0 Å². The first kappa shape index (κ1) is 20.2. The molecule has 8 heteroatoms. The molecule has 1 amide bonds. The number of carbonyl (C=O) groups is 1. The summed E-state index contributed by atoms with van der Waals surface area (Å²) in [6, 6.07) is 10.1. The Bertz CT molecular complexity index is 899. The maximum Gasteiger partial charge on any atom is 0.260 e. The molecule has 0 atom stereocenters. The van der Waals surface area contributed by atoms with Gasteiger partial charge in [0.05, 0.1) is 4.70 Å². The zero-order chi connectivity index (χ0) is 18.0. The van der Waals surface area contributed by atoms with Crippen LogP contribution in [0.25, 0.3) is 10.2 Å². The fraction of sp³-hybridized carbons (Fsp3) is 0.222. The van der Waals surface area contributed by atoms with Crippen molar-refractivity contribution in [3.05, 3.63) is 59.7 Å². The van der Waals surface area contributed by atoms with E-state index < -0.39 is 11.6 Å². The Balaban J connectivity index is 0.00000243. The molecule has 0 aliphatic heterocycles. The second-order valence-corrected chi connectivity index (χ2v) is 6.86. The van der Waals surface area contributed by atoms with E-state index in [0.717, 1.165) is 0 Å². The molecule has 3 rings (SSSR count). The second kappa shape index (κ2) is 8.53. The summed E-state index contributed by atoms with van der Waals surface area (Å²) in [5, 5.41) is 0.427. The number of hydrogen-bond acceptors (Lipinski definition) is 4. The van der Waals surface area contributed by atoms with Crippen molar-refractivity contribution in [2.45, 2.75) is 0 Å². The van der Waals surface area contributed by atoms with Gasteiger partial charge in [-0.3, -0.25) is 9.69 Å². The highest BCUT2D eigenvalue weighted by molar-refractivity contribution is 7.22. The van der Waals surface area contributed by atoms with Crippen LogP contribution in [-0.4, -0.2) is 43.0 Å². The first-order valence-corrected chi connectivity index (χ1v) is 8.54. The van der Waals surface area contributed by atoms with Crippen molar-refractivity contribution < 1.29 is 13.6 Å². The minimum atomic E-state index is -0.415. The minimum absolute atomic E-state index is 0. The van der Waals surface area contributed by atoms with Crippen LogP contribution in [0.5, 0.6) is 0 Å². The third kappa shape index (κ3) is 4.35. The zero-order valence-corrected chi connectivity index (χ0v) is 15.9. The number of carbonyl (C=O) groups excluding carboxylic acids is 1. The Kier molecular flexibility index (Phi) is 6.63. The highest BCUT2D eigenvalue weighted by Crippen LogP contribution is 2.31. The lowest BCUT2D eigenvalue weighted by molar-refractivity contribution is 0.0985. The molecular formula is C18H18ClF2N3OS. The zero-order valence-electron chi connectivity index (χ0n) is 14.3. The number of likely N-dealkylation sites (N-methyl/N-ethyl adjacent to an activating group) is 1. The maximum absolute atomic E-state index is 13.9. The van der Waals surface area contributed by atoms with Gasteiger partial charge in [0, 0.05) is 18.7 Å². The van der Waals surface area contributed by atoms with E-state index in [9.17, 15) is 13.6 Å². The van der Waals surface area contributed by atoms with Crippen molar-refractivity contribution in [1.82, 2.24) is 9.88 Å². The van der Waals surface area contributed by atoms with Gasteiger partial charge in [0.15, 0.2) is 5.13 Å². The number of para-hydroxylation sites is 1. The molecule has 0 aliphatic rings. The molecule has 138 valence electrons. The average Bonchev–Trinajstić information content (AvgIpc) is 3.00. The summed E-state index contributed by atoms with van der Waals surface area (Å²) in [6.45, 7) is 1.01. The summed E-state index contributed by atoms with van der Waals surface area (Å²) in [4.78, 5) is 20.7. The van der Waals surface area contributed by atoms with E-state index in [1.54, 1.807) is 12.1 Å². The molecule has 1 heterocycles. The number of aromatic nitrogens is 1. The highest BCUT2D eigenvalue weighted by Gasteiger charge is 2.22. The smallest absolute Gasteiger partial charge is 0.260 e. The molecular weight excluding hydrogens is 380 g/mol. The number of halogens is 3. The van der Waals surface area contributed by atoms with Gasteiger partial charge in [-0.1, -0.05) is 17.4 Å². The molecule has 4 nitrogen and oxygen atoms in total. The number of thiazole rings is 1. The molecule has 0 N–H and O–H groups in total. The van der Waals surface area contributed by atoms with Crippen molar-refractivity contribution >= 4 is 45.0 Å². The molecule has 3 aromatic rings. The first-order chi connectivity index (χ1) is 12.0. The van der Waals surface area contributed by atoms with Crippen LogP contribution in [0.1, 0.15) is 10.4 Å². The lowest BCUT2D eigenvalue weighted by Crippen LogP contribution is -2.36. The number of amides is 1. The Morgan fingerprint density at radius 1 is 1.08 bits per heavy atom. The predicted octanol–water partition coefficient (Wildman–Crippen LogP) is 4.20. The summed E-state index contributed by atoms with van der Waals surface area (Å²) in [5.41, 5.74) is 0.615. The van der Waals surface area contributed by atoms with E-state index in [4.69, 9.17) is 0 Å². The standard InChI is InChI=1S/C18H17F2N3OS.ClH/c1-22(2)10-11-23(17(24)12-6-8-13(19)9-7-12)18-21-16-14(20)4-3-5-15(16)25-18;/h3-9H,10-11H2,1-2H3;1H. The normalized spacial score (nSPS) is 10.8. The van der Waals surface area contributed by atoms with Gasteiger partial charge in [0.1, 0.15) is 17.2 Å². The quantitative estimate of drug-likeness (QED) is 0.647. The third-order valence-electron chi connectivity index (χ3n) is 3.70. The maximum atomic E-state index is 13.9. The fourth-order valence-electron chi connectivity index (χ4n) is 2.35. The van der Waals surface area contributed by atoms with Gasteiger partial charge in [-0.05, 0) is 50.5 Å². The van der Waals surface area contributed by atoms with Gasteiger partial charge in [0.2, 0.25) is 0 Å². The van der Waals surface area contributed by atoms with Crippen molar-refractivity contribution in [2.24, 2.45) is 0 Å². The second-order valence-electron chi connectivity index (χ2n) is 5.85. The Labute approximate surface area is 160 Å². The van der Waals surface area contributed by atoms with Gasteiger partial charge in [-0.2, -0.15) is 0 Å². The molecule has 0 unspecified atom stereocenters. The van der Waals surface area contributed by atoms with Crippen molar-refractivity contribution in [3.63, 3.8) is 0 Å². The number of hydrogen-bond donors (Lipinski definition) is 0. The van der Waals surface area contributed by atoms with Crippen LogP contribution in [0, 0.1) is 11.6 Å².